The van der Waals surface area contributed by atoms with Gasteiger partial charge in [0, 0.05) is 6.54 Å². The number of sulfonamides is 1. The predicted molar refractivity (Wildman–Crippen MR) is 124 cm³/mol. The molecule has 2 rings (SSSR count). The molecule has 0 radical (unpaired) electrons. The van der Waals surface area contributed by atoms with Crippen LogP contribution in [0.1, 0.15) is 45.6 Å². The van der Waals surface area contributed by atoms with E-state index in [1.807, 2.05) is 30.3 Å². The van der Waals surface area contributed by atoms with Gasteiger partial charge in [0.15, 0.2) is 0 Å². The molecule has 1 aromatic rings. The van der Waals surface area contributed by atoms with E-state index in [2.05, 4.69) is 10.5 Å². The molecule has 0 unspecified atom stereocenters. The van der Waals surface area contributed by atoms with Crippen LogP contribution in [-0.2, 0) is 35.6 Å². The Labute approximate surface area is 195 Å². The molecule has 0 aromatic heterocycles. The van der Waals surface area contributed by atoms with Gasteiger partial charge in [-0.3, -0.25) is 14.9 Å². The van der Waals surface area contributed by atoms with Crippen LogP contribution >= 0.6 is 0 Å². The van der Waals surface area contributed by atoms with Crippen LogP contribution < -0.4 is 10.5 Å². The van der Waals surface area contributed by atoms with E-state index in [0.29, 0.717) is 32.2 Å². The van der Waals surface area contributed by atoms with Crippen molar-refractivity contribution < 1.29 is 32.6 Å². The highest BCUT2D eigenvalue weighted by Gasteiger charge is 2.36. The normalized spacial score (nSPS) is 17.5. The number of carbonyl (C=O) groups is 3. The number of nitrogens with one attached hydrogen (secondary N) is 1. The number of esters is 1. The highest BCUT2D eigenvalue weighted by Crippen LogP contribution is 2.19. The van der Waals surface area contributed by atoms with Crippen molar-refractivity contribution in [1.29, 1.82) is 0 Å². The number of hydrogen-bond donors (Lipinski definition) is 3. The van der Waals surface area contributed by atoms with Gasteiger partial charge in [-0.2, -0.15) is 0 Å². The van der Waals surface area contributed by atoms with Crippen molar-refractivity contribution in [3.63, 3.8) is 0 Å². The number of carbonyl (C=O) groups excluding carboxylic acids is 2. The monoisotopic (exact) mass is 485 g/mol. The maximum atomic E-state index is 12.7. The van der Waals surface area contributed by atoms with E-state index in [1.165, 1.54) is 11.8 Å². The number of hydrogen-bond acceptors (Lipinski definition) is 7. The Balaban J connectivity index is 0.000000801. The molecule has 1 amide bonds. The first-order chi connectivity index (χ1) is 15.5. The number of aryl methyl sites for hydroxylation is 1. The lowest BCUT2D eigenvalue weighted by Crippen LogP contribution is -2.53. The Morgan fingerprint density at radius 2 is 1.85 bits per heavy atom. The third-order valence-electron chi connectivity index (χ3n) is 5.18. The minimum Gasteiger partial charge on any atom is -0.480 e. The molecule has 0 aliphatic carbocycles. The van der Waals surface area contributed by atoms with Gasteiger partial charge in [0.05, 0.1) is 18.4 Å². The van der Waals surface area contributed by atoms with E-state index in [1.54, 1.807) is 13.8 Å². The summed E-state index contributed by atoms with van der Waals surface area (Å²) in [6.07, 6.45) is 2.29. The van der Waals surface area contributed by atoms with Crippen LogP contribution in [0.2, 0.25) is 0 Å². The van der Waals surface area contributed by atoms with Gasteiger partial charge in [-0.1, -0.05) is 30.3 Å². The van der Waals surface area contributed by atoms with E-state index in [-0.39, 0.29) is 18.3 Å². The van der Waals surface area contributed by atoms with E-state index in [9.17, 15) is 27.9 Å². The van der Waals surface area contributed by atoms with Crippen molar-refractivity contribution in [1.82, 2.24) is 10.2 Å². The number of carboxylic acid groups (broad SMARTS) is 1. The molecule has 0 spiro atoms. The summed E-state index contributed by atoms with van der Waals surface area (Å²) in [4.78, 5) is 37.7. The average molecular weight is 486 g/mol. The zero-order valence-electron chi connectivity index (χ0n) is 19.4. The molecule has 3 atom stereocenters. The fraction of sp³-hybridized carbons (Fsp3) is 0.591. The molecule has 0 saturated carbocycles. The Morgan fingerprint density at radius 1 is 1.24 bits per heavy atom. The molecule has 33 heavy (non-hydrogen) atoms. The summed E-state index contributed by atoms with van der Waals surface area (Å²) in [5, 5.41) is 16.8. The summed E-state index contributed by atoms with van der Waals surface area (Å²) in [5.74, 6) is -1.66. The topological polar surface area (TPSA) is 156 Å². The second-order valence-electron chi connectivity index (χ2n) is 7.70. The lowest BCUT2D eigenvalue weighted by Gasteiger charge is -2.27. The maximum absolute atomic E-state index is 12.7. The lowest BCUT2D eigenvalue weighted by atomic mass is 10.0. The molecule has 186 valence electrons. The quantitative estimate of drug-likeness (QED) is 0.413. The SMILES string of the molecule is CCOC(=O)[C@@H](CCc1ccccc1)N[C@@H](C)C(=O)N1CCC[C@H]1C(=O)O.CCS(N)(=O)=O. The number of amides is 1. The van der Waals surface area contributed by atoms with E-state index in [0.717, 1.165) is 5.56 Å². The number of nitrogens with zero attached hydrogens (tertiary/aromatic N) is 1. The van der Waals surface area contributed by atoms with Crippen LogP contribution in [0.4, 0.5) is 0 Å². The number of likely N-dealkylation sites (tertiary alicyclic amines) is 1. The van der Waals surface area contributed by atoms with E-state index >= 15 is 0 Å². The molecule has 1 heterocycles. The van der Waals surface area contributed by atoms with Gasteiger partial charge in [0.2, 0.25) is 15.9 Å². The fourth-order valence-electron chi connectivity index (χ4n) is 3.38. The maximum Gasteiger partial charge on any atom is 0.326 e. The Morgan fingerprint density at radius 3 is 2.36 bits per heavy atom. The Bertz CT molecular complexity index is 877. The van der Waals surface area contributed by atoms with Gasteiger partial charge in [-0.25, -0.2) is 18.4 Å². The number of carboxylic acids is 1. The number of ether oxygens (including phenoxy) is 1. The first kappa shape index (κ1) is 28.5. The molecule has 0 bridgehead atoms. The van der Waals surface area contributed by atoms with Crippen LogP contribution in [0, 0.1) is 0 Å². The number of benzene rings is 1. The van der Waals surface area contributed by atoms with Gasteiger partial charge < -0.3 is 14.7 Å². The minimum absolute atomic E-state index is 0.0208. The van der Waals surface area contributed by atoms with Crippen molar-refractivity contribution in [3.8, 4) is 0 Å². The highest BCUT2D eigenvalue weighted by atomic mass is 32.2. The van der Waals surface area contributed by atoms with Crippen molar-refractivity contribution >= 4 is 27.9 Å². The van der Waals surface area contributed by atoms with Gasteiger partial charge in [-0.15, -0.1) is 0 Å². The van der Waals surface area contributed by atoms with Crippen LogP contribution in [0.25, 0.3) is 0 Å². The Kier molecular flexibility index (Phi) is 12.0. The summed E-state index contributed by atoms with van der Waals surface area (Å²) < 4.78 is 24.7. The molecule has 4 N–H and O–H groups in total. The van der Waals surface area contributed by atoms with Crippen LogP contribution in [-0.4, -0.2) is 73.3 Å². The van der Waals surface area contributed by atoms with Gasteiger partial charge in [0.1, 0.15) is 12.1 Å². The third kappa shape index (κ3) is 10.3. The number of nitrogens with two attached hydrogens (primary N) is 1. The lowest BCUT2D eigenvalue weighted by molar-refractivity contribution is -0.150. The molecule has 1 fully saturated rings. The molecule has 1 aromatic carbocycles. The standard InChI is InChI=1S/C20H28N2O5.C2H7NO2S/c1-3-27-20(26)16(12-11-15-8-5-4-6-9-15)21-14(2)18(23)22-13-7-10-17(22)19(24)25;1-2-6(3,4)5/h4-6,8-9,14,16-17,21H,3,7,10-13H2,1-2H3,(H,24,25);2H2,1H3,(H2,3,4,5)/t14-,16+,17-;/m0./s1. The van der Waals surface area contributed by atoms with Crippen molar-refractivity contribution in [2.75, 3.05) is 18.9 Å². The molecule has 11 heteroatoms. The molecule has 1 aliphatic rings. The van der Waals surface area contributed by atoms with Crippen LogP contribution in [0.3, 0.4) is 0 Å². The molecular weight excluding hydrogens is 450 g/mol. The zero-order chi connectivity index (χ0) is 25.0. The number of primary sulfonamides is 1. The fourth-order valence-corrected chi connectivity index (χ4v) is 3.38. The summed E-state index contributed by atoms with van der Waals surface area (Å²) in [6, 6.07) is 7.69. The van der Waals surface area contributed by atoms with Gasteiger partial charge in [0.25, 0.3) is 0 Å². The Hall–Kier alpha value is -2.50. The largest absolute Gasteiger partial charge is 0.480 e. The van der Waals surface area contributed by atoms with Crippen LogP contribution in [0.5, 0.6) is 0 Å². The van der Waals surface area contributed by atoms with Crippen molar-refractivity contribution in [2.24, 2.45) is 5.14 Å². The zero-order valence-corrected chi connectivity index (χ0v) is 20.2. The van der Waals surface area contributed by atoms with Crippen molar-refractivity contribution in [3.05, 3.63) is 35.9 Å². The van der Waals surface area contributed by atoms with Crippen LogP contribution in [0.15, 0.2) is 30.3 Å². The summed E-state index contributed by atoms with van der Waals surface area (Å²) in [7, 11) is -3.16. The predicted octanol–water partition coefficient (Wildman–Crippen LogP) is 0.899. The van der Waals surface area contributed by atoms with Crippen molar-refractivity contribution in [2.45, 2.75) is 64.6 Å². The van der Waals surface area contributed by atoms with Gasteiger partial charge >= 0.3 is 11.9 Å². The summed E-state index contributed by atoms with van der Waals surface area (Å²) in [6.45, 7) is 5.58. The summed E-state index contributed by atoms with van der Waals surface area (Å²) in [5.41, 5.74) is 1.10. The molecular formula is C22H35N3O7S. The van der Waals surface area contributed by atoms with Gasteiger partial charge in [-0.05, 0) is 52.0 Å². The first-order valence-corrected chi connectivity index (χ1v) is 12.7. The third-order valence-corrected chi connectivity index (χ3v) is 5.99. The minimum atomic E-state index is -3.16. The average Bonchev–Trinajstić information content (AvgIpc) is 3.27. The molecule has 10 nitrogen and oxygen atoms in total. The molecule has 1 saturated heterocycles. The second-order valence-corrected chi connectivity index (χ2v) is 9.60. The highest BCUT2D eigenvalue weighted by molar-refractivity contribution is 7.89. The van der Waals surface area contributed by atoms with E-state index < -0.39 is 40.1 Å². The summed E-state index contributed by atoms with van der Waals surface area (Å²) >= 11 is 0. The second kappa shape index (κ2) is 13.9. The van der Waals surface area contributed by atoms with E-state index in [4.69, 9.17) is 4.74 Å². The first-order valence-electron chi connectivity index (χ1n) is 11.0. The smallest absolute Gasteiger partial charge is 0.326 e. The molecule has 1 aliphatic heterocycles. The number of aliphatic carboxylic acids is 1. The number of rotatable bonds is 10.